The summed E-state index contributed by atoms with van der Waals surface area (Å²) in [6, 6.07) is 17.7. The molecule has 1 aliphatic heterocycles. The summed E-state index contributed by atoms with van der Waals surface area (Å²) < 4.78 is 7.08. The van der Waals surface area contributed by atoms with Gasteiger partial charge in [-0.05, 0) is 42.8 Å². The maximum Gasteiger partial charge on any atom is 0.227 e. The van der Waals surface area contributed by atoms with E-state index < -0.39 is 0 Å². The average molecular weight is 376 g/mol. The first-order valence-electron chi connectivity index (χ1n) is 9.46. The maximum atomic E-state index is 12.8. The molecule has 6 nitrogen and oxygen atoms in total. The van der Waals surface area contributed by atoms with Crippen molar-refractivity contribution < 1.29 is 9.53 Å². The highest BCUT2D eigenvalue weighted by atomic mass is 16.5. The van der Waals surface area contributed by atoms with E-state index >= 15 is 0 Å². The Kier molecular flexibility index (Phi) is 5.12. The highest BCUT2D eigenvalue weighted by Crippen LogP contribution is 2.27. The van der Waals surface area contributed by atoms with Gasteiger partial charge in [-0.2, -0.15) is 5.10 Å². The minimum atomic E-state index is 0.0806. The topological polar surface area (TPSA) is 73.4 Å². The number of hydrogen-bond donors (Lipinski definition) is 1. The molecule has 2 N–H and O–H groups in total. The molecule has 0 saturated carbocycles. The van der Waals surface area contributed by atoms with E-state index in [1.54, 1.807) is 7.11 Å². The van der Waals surface area contributed by atoms with Gasteiger partial charge in [-0.15, -0.1) is 0 Å². The molecule has 1 saturated heterocycles. The molecule has 28 heavy (non-hydrogen) atoms. The molecule has 2 heterocycles. The van der Waals surface area contributed by atoms with Gasteiger partial charge in [0.1, 0.15) is 5.75 Å². The van der Waals surface area contributed by atoms with Gasteiger partial charge < -0.3 is 15.4 Å². The van der Waals surface area contributed by atoms with Crippen LogP contribution >= 0.6 is 0 Å². The van der Waals surface area contributed by atoms with Gasteiger partial charge in [-0.1, -0.05) is 18.2 Å². The number of benzene rings is 2. The summed E-state index contributed by atoms with van der Waals surface area (Å²) >= 11 is 0. The van der Waals surface area contributed by atoms with E-state index in [9.17, 15) is 4.79 Å². The summed E-state index contributed by atoms with van der Waals surface area (Å²) in [7, 11) is 1.64. The normalized spacial score (nSPS) is 16.4. The van der Waals surface area contributed by atoms with E-state index in [4.69, 9.17) is 15.6 Å². The fourth-order valence-electron chi connectivity index (χ4n) is 3.53. The van der Waals surface area contributed by atoms with Crippen LogP contribution in [-0.2, 0) is 11.2 Å². The molecular formula is C22H24N4O2. The third-order valence-corrected chi connectivity index (χ3v) is 5.09. The third kappa shape index (κ3) is 3.77. The zero-order valence-electron chi connectivity index (χ0n) is 15.9. The van der Waals surface area contributed by atoms with Crippen molar-refractivity contribution in [2.75, 3.05) is 20.2 Å². The first-order valence-corrected chi connectivity index (χ1v) is 9.46. The molecule has 1 amide bonds. The van der Waals surface area contributed by atoms with Crippen molar-refractivity contribution in [1.82, 2.24) is 14.7 Å². The number of carbonyl (C=O) groups is 1. The number of amides is 1. The molecule has 0 unspecified atom stereocenters. The van der Waals surface area contributed by atoms with Gasteiger partial charge >= 0.3 is 0 Å². The zero-order valence-corrected chi connectivity index (χ0v) is 15.9. The second-order valence-corrected chi connectivity index (χ2v) is 7.08. The number of methoxy groups -OCH3 is 1. The van der Waals surface area contributed by atoms with Crippen LogP contribution in [-0.4, -0.2) is 46.8 Å². The summed E-state index contributed by atoms with van der Waals surface area (Å²) in [4.78, 5) is 14.7. The molecule has 1 atom stereocenters. The van der Waals surface area contributed by atoms with E-state index in [1.807, 2.05) is 70.4 Å². The second-order valence-electron chi connectivity index (χ2n) is 7.08. The molecule has 3 aromatic rings. The van der Waals surface area contributed by atoms with Gasteiger partial charge in [0, 0.05) is 36.5 Å². The Morgan fingerprint density at radius 3 is 2.57 bits per heavy atom. The summed E-state index contributed by atoms with van der Waals surface area (Å²) in [5.41, 5.74) is 9.59. The predicted molar refractivity (Wildman–Crippen MR) is 108 cm³/mol. The maximum absolute atomic E-state index is 12.8. The van der Waals surface area contributed by atoms with Crippen molar-refractivity contribution in [2.24, 2.45) is 5.73 Å². The van der Waals surface area contributed by atoms with Gasteiger partial charge in [0.05, 0.1) is 24.9 Å². The molecule has 2 aromatic carbocycles. The molecule has 144 valence electrons. The number of rotatable bonds is 5. The molecule has 0 radical (unpaired) electrons. The smallest absolute Gasteiger partial charge is 0.227 e. The number of nitrogens with zero attached hydrogens (tertiary/aromatic N) is 3. The van der Waals surface area contributed by atoms with Crippen LogP contribution < -0.4 is 10.5 Å². The summed E-state index contributed by atoms with van der Waals surface area (Å²) in [5.74, 6) is 0.880. The Bertz CT molecular complexity index is 950. The Morgan fingerprint density at radius 1 is 1.18 bits per heavy atom. The average Bonchev–Trinajstić information content (AvgIpc) is 3.35. The van der Waals surface area contributed by atoms with Crippen LogP contribution in [0.5, 0.6) is 5.75 Å². The number of nitrogens with two attached hydrogens (primary N) is 1. The molecule has 6 heteroatoms. The van der Waals surface area contributed by atoms with E-state index in [1.165, 1.54) is 0 Å². The largest absolute Gasteiger partial charge is 0.497 e. The molecule has 0 bridgehead atoms. The number of hydrogen-bond acceptors (Lipinski definition) is 4. The van der Waals surface area contributed by atoms with Crippen molar-refractivity contribution in [3.05, 3.63) is 66.4 Å². The highest BCUT2D eigenvalue weighted by Gasteiger charge is 2.25. The van der Waals surface area contributed by atoms with Crippen molar-refractivity contribution >= 4 is 5.91 Å². The van der Waals surface area contributed by atoms with Crippen LogP contribution in [0.2, 0.25) is 0 Å². The molecule has 1 fully saturated rings. The van der Waals surface area contributed by atoms with Crippen LogP contribution in [0.1, 0.15) is 12.0 Å². The number of aromatic nitrogens is 2. The summed E-state index contributed by atoms with van der Waals surface area (Å²) in [6.07, 6.45) is 3.12. The van der Waals surface area contributed by atoms with Gasteiger partial charge in [0.15, 0.2) is 0 Å². The van der Waals surface area contributed by atoms with Gasteiger partial charge in [-0.25, -0.2) is 4.68 Å². The van der Waals surface area contributed by atoms with Crippen molar-refractivity contribution in [2.45, 2.75) is 18.9 Å². The van der Waals surface area contributed by atoms with E-state index in [0.717, 1.165) is 41.2 Å². The standard InChI is InChI=1S/C22H24N4O2/c1-28-20-9-7-16(8-10-20)22-17(13-21(27)25-12-11-18(23)15-25)14-26(24-22)19-5-3-2-4-6-19/h2-10,14,18H,11-13,15,23H2,1H3/t18-/m1/s1. The first kappa shape index (κ1) is 18.3. The molecule has 1 aromatic heterocycles. The lowest BCUT2D eigenvalue weighted by Gasteiger charge is -2.15. The van der Waals surface area contributed by atoms with E-state index in [2.05, 4.69) is 0 Å². The number of likely N-dealkylation sites (tertiary alicyclic amines) is 1. The fourth-order valence-corrected chi connectivity index (χ4v) is 3.53. The zero-order chi connectivity index (χ0) is 19.5. The number of carbonyl (C=O) groups excluding carboxylic acids is 1. The minimum absolute atomic E-state index is 0.0806. The van der Waals surface area contributed by atoms with Crippen LogP contribution in [0.3, 0.4) is 0 Å². The molecule has 0 spiro atoms. The lowest BCUT2D eigenvalue weighted by Crippen LogP contribution is -2.32. The van der Waals surface area contributed by atoms with Crippen LogP contribution in [0.15, 0.2) is 60.8 Å². The lowest BCUT2D eigenvalue weighted by molar-refractivity contribution is -0.129. The third-order valence-electron chi connectivity index (χ3n) is 5.09. The monoisotopic (exact) mass is 376 g/mol. The Hall–Kier alpha value is -3.12. The lowest BCUT2D eigenvalue weighted by atomic mass is 10.1. The quantitative estimate of drug-likeness (QED) is 0.743. The number of ether oxygens (including phenoxy) is 1. The van der Waals surface area contributed by atoms with Gasteiger partial charge in [0.25, 0.3) is 0 Å². The predicted octanol–water partition coefficient (Wildman–Crippen LogP) is 2.65. The molecular weight excluding hydrogens is 352 g/mol. The SMILES string of the molecule is COc1ccc(-c2nn(-c3ccccc3)cc2CC(=O)N2CC[C@@H](N)C2)cc1. The Morgan fingerprint density at radius 2 is 1.93 bits per heavy atom. The molecule has 0 aliphatic carbocycles. The van der Waals surface area contributed by atoms with Crippen molar-refractivity contribution in [3.8, 4) is 22.7 Å². The Labute approximate surface area is 164 Å². The number of para-hydroxylation sites is 1. The summed E-state index contributed by atoms with van der Waals surface area (Å²) in [6.45, 7) is 1.36. The van der Waals surface area contributed by atoms with Gasteiger partial charge in [-0.3, -0.25) is 4.79 Å². The van der Waals surface area contributed by atoms with Crippen LogP contribution in [0.4, 0.5) is 0 Å². The minimum Gasteiger partial charge on any atom is -0.497 e. The van der Waals surface area contributed by atoms with Crippen LogP contribution in [0.25, 0.3) is 16.9 Å². The van der Waals surface area contributed by atoms with Crippen molar-refractivity contribution in [3.63, 3.8) is 0 Å². The fraction of sp³-hybridized carbons (Fsp3) is 0.273. The summed E-state index contributed by atoms with van der Waals surface area (Å²) in [5, 5.41) is 4.78. The Balaban J connectivity index is 1.68. The first-order chi connectivity index (χ1) is 13.6. The van der Waals surface area contributed by atoms with E-state index in [-0.39, 0.29) is 11.9 Å². The highest BCUT2D eigenvalue weighted by molar-refractivity contribution is 5.81. The second kappa shape index (κ2) is 7.86. The van der Waals surface area contributed by atoms with Gasteiger partial charge in [0.2, 0.25) is 5.91 Å². The van der Waals surface area contributed by atoms with E-state index in [0.29, 0.717) is 13.0 Å². The van der Waals surface area contributed by atoms with Crippen LogP contribution in [0, 0.1) is 0 Å². The molecule has 4 rings (SSSR count). The molecule has 1 aliphatic rings. The van der Waals surface area contributed by atoms with Crippen molar-refractivity contribution in [1.29, 1.82) is 0 Å².